The second-order valence-electron chi connectivity index (χ2n) is 3.43. The van der Waals surface area contributed by atoms with Crippen LogP contribution in [0.2, 0.25) is 5.02 Å². The van der Waals surface area contributed by atoms with Crippen molar-refractivity contribution in [1.82, 2.24) is 9.78 Å². The fraction of sp³-hybridized carbons (Fsp3) is 0.182. The molecule has 0 aliphatic rings. The Balaban J connectivity index is 2.10. The highest BCUT2D eigenvalue weighted by Gasteiger charge is 2.06. The molecule has 2 aromatic rings. The summed E-state index contributed by atoms with van der Waals surface area (Å²) in [6.45, 7) is 0. The van der Waals surface area contributed by atoms with Crippen LogP contribution in [-0.4, -0.2) is 9.78 Å². The lowest BCUT2D eigenvalue weighted by molar-refractivity contribution is 0.755. The van der Waals surface area contributed by atoms with E-state index in [2.05, 4.69) is 5.10 Å². The summed E-state index contributed by atoms with van der Waals surface area (Å²) in [5.41, 5.74) is 7.60. The average molecular weight is 254 g/mol. The summed E-state index contributed by atoms with van der Waals surface area (Å²) >= 11 is 7.68. The first-order valence-electron chi connectivity index (χ1n) is 4.82. The number of aromatic nitrogens is 2. The van der Waals surface area contributed by atoms with Crippen molar-refractivity contribution in [2.45, 2.75) is 10.6 Å². The molecule has 1 aromatic heterocycles. The SMILES string of the molecule is Cn1ccc(CSc2c(N)cccc2Cl)n1. The summed E-state index contributed by atoms with van der Waals surface area (Å²) in [4.78, 5) is 0.926. The lowest BCUT2D eigenvalue weighted by Gasteiger charge is -2.05. The first-order chi connectivity index (χ1) is 7.66. The van der Waals surface area contributed by atoms with Crippen molar-refractivity contribution < 1.29 is 0 Å². The standard InChI is InChI=1S/C11H12ClN3S/c1-15-6-5-8(14-15)7-16-11-9(12)3-2-4-10(11)13/h2-6H,7,13H2,1H3. The number of nitrogen functional groups attached to an aromatic ring is 1. The Labute approximate surface area is 104 Å². The zero-order valence-electron chi connectivity index (χ0n) is 8.85. The van der Waals surface area contributed by atoms with Crippen molar-refractivity contribution >= 4 is 29.1 Å². The van der Waals surface area contributed by atoms with Crippen LogP contribution in [-0.2, 0) is 12.8 Å². The third-order valence-electron chi connectivity index (χ3n) is 2.13. The van der Waals surface area contributed by atoms with Crippen LogP contribution in [0.15, 0.2) is 35.4 Å². The Morgan fingerprint density at radius 2 is 2.25 bits per heavy atom. The largest absolute Gasteiger partial charge is 0.398 e. The minimum absolute atomic E-state index is 0.695. The molecule has 84 valence electrons. The number of aryl methyl sites for hydroxylation is 1. The van der Waals surface area contributed by atoms with Crippen molar-refractivity contribution in [3.05, 3.63) is 41.2 Å². The van der Waals surface area contributed by atoms with Crippen LogP contribution in [0.25, 0.3) is 0 Å². The summed E-state index contributed by atoms with van der Waals surface area (Å²) in [5, 5.41) is 4.99. The quantitative estimate of drug-likeness (QED) is 0.676. The van der Waals surface area contributed by atoms with Crippen molar-refractivity contribution in [1.29, 1.82) is 0 Å². The average Bonchev–Trinajstić information content (AvgIpc) is 2.63. The zero-order valence-corrected chi connectivity index (χ0v) is 10.4. The maximum Gasteiger partial charge on any atom is 0.0727 e. The number of halogens is 1. The molecule has 0 spiro atoms. The minimum Gasteiger partial charge on any atom is -0.398 e. The van der Waals surface area contributed by atoms with Gasteiger partial charge in [-0.05, 0) is 18.2 Å². The molecule has 2 rings (SSSR count). The van der Waals surface area contributed by atoms with E-state index in [0.717, 1.165) is 16.3 Å². The van der Waals surface area contributed by atoms with Crippen LogP contribution in [0.1, 0.15) is 5.69 Å². The summed E-state index contributed by atoms with van der Waals surface area (Å²) in [5.74, 6) is 0.773. The van der Waals surface area contributed by atoms with E-state index < -0.39 is 0 Å². The summed E-state index contributed by atoms with van der Waals surface area (Å²) < 4.78 is 1.78. The highest BCUT2D eigenvalue weighted by atomic mass is 35.5. The molecule has 0 aliphatic carbocycles. The number of hydrogen-bond acceptors (Lipinski definition) is 3. The number of nitrogens with zero attached hydrogens (tertiary/aromatic N) is 2. The molecule has 3 nitrogen and oxygen atoms in total. The van der Waals surface area contributed by atoms with E-state index >= 15 is 0 Å². The maximum absolute atomic E-state index is 6.07. The number of hydrogen-bond donors (Lipinski definition) is 1. The van der Waals surface area contributed by atoms with Crippen LogP contribution in [0.4, 0.5) is 5.69 Å². The summed E-state index contributed by atoms with van der Waals surface area (Å²) in [7, 11) is 1.90. The lowest BCUT2D eigenvalue weighted by atomic mass is 10.3. The number of nitrogens with two attached hydrogens (primary N) is 1. The molecule has 0 fully saturated rings. The van der Waals surface area contributed by atoms with E-state index in [-0.39, 0.29) is 0 Å². The van der Waals surface area contributed by atoms with E-state index in [0.29, 0.717) is 10.7 Å². The van der Waals surface area contributed by atoms with Crippen LogP contribution < -0.4 is 5.73 Å². The van der Waals surface area contributed by atoms with Gasteiger partial charge in [0.05, 0.1) is 10.7 Å². The van der Waals surface area contributed by atoms with Gasteiger partial charge in [-0.1, -0.05) is 17.7 Å². The van der Waals surface area contributed by atoms with Crippen molar-refractivity contribution in [2.24, 2.45) is 7.05 Å². The summed E-state index contributed by atoms with van der Waals surface area (Å²) in [6, 6.07) is 7.54. The minimum atomic E-state index is 0.695. The number of anilines is 1. The molecule has 1 aromatic carbocycles. The molecule has 0 radical (unpaired) electrons. The van der Waals surface area contributed by atoms with Gasteiger partial charge in [0.25, 0.3) is 0 Å². The van der Waals surface area contributed by atoms with Gasteiger partial charge in [0.15, 0.2) is 0 Å². The second-order valence-corrected chi connectivity index (χ2v) is 4.82. The smallest absolute Gasteiger partial charge is 0.0727 e. The van der Waals surface area contributed by atoms with Crippen molar-refractivity contribution in [3.63, 3.8) is 0 Å². The van der Waals surface area contributed by atoms with Crippen LogP contribution in [0.5, 0.6) is 0 Å². The Bertz CT molecular complexity index is 475. The second kappa shape index (κ2) is 4.80. The van der Waals surface area contributed by atoms with Gasteiger partial charge in [0.1, 0.15) is 0 Å². The Morgan fingerprint density at radius 3 is 2.88 bits per heavy atom. The molecule has 0 atom stereocenters. The van der Waals surface area contributed by atoms with Gasteiger partial charge in [0, 0.05) is 29.6 Å². The van der Waals surface area contributed by atoms with Gasteiger partial charge in [-0.15, -0.1) is 11.8 Å². The Morgan fingerprint density at radius 1 is 1.44 bits per heavy atom. The van der Waals surface area contributed by atoms with Crippen molar-refractivity contribution in [3.8, 4) is 0 Å². The molecule has 16 heavy (non-hydrogen) atoms. The van der Waals surface area contributed by atoms with Crippen LogP contribution >= 0.6 is 23.4 Å². The van der Waals surface area contributed by atoms with Gasteiger partial charge in [-0.2, -0.15) is 5.10 Å². The fourth-order valence-electron chi connectivity index (χ4n) is 1.36. The zero-order chi connectivity index (χ0) is 11.5. The highest BCUT2D eigenvalue weighted by molar-refractivity contribution is 7.98. The van der Waals surface area contributed by atoms with Gasteiger partial charge < -0.3 is 5.73 Å². The normalized spacial score (nSPS) is 10.6. The number of thioether (sulfide) groups is 1. The van der Waals surface area contributed by atoms with Gasteiger partial charge in [-0.25, -0.2) is 0 Å². The van der Waals surface area contributed by atoms with E-state index in [9.17, 15) is 0 Å². The molecule has 2 N–H and O–H groups in total. The maximum atomic E-state index is 6.07. The van der Waals surface area contributed by atoms with Crippen molar-refractivity contribution in [2.75, 3.05) is 5.73 Å². The highest BCUT2D eigenvalue weighted by Crippen LogP contribution is 2.33. The third kappa shape index (κ3) is 2.51. The molecule has 0 saturated heterocycles. The van der Waals surface area contributed by atoms with E-state index in [4.69, 9.17) is 17.3 Å². The predicted octanol–water partition coefficient (Wildman–Crippen LogP) is 2.95. The van der Waals surface area contributed by atoms with Crippen LogP contribution in [0.3, 0.4) is 0 Å². The first-order valence-corrected chi connectivity index (χ1v) is 6.18. The Hall–Kier alpha value is -1.13. The van der Waals surface area contributed by atoms with E-state index in [1.165, 1.54) is 0 Å². The Kier molecular flexibility index (Phi) is 3.41. The summed E-state index contributed by atoms with van der Waals surface area (Å²) in [6.07, 6.45) is 1.92. The molecule has 0 bridgehead atoms. The van der Waals surface area contributed by atoms with Gasteiger partial charge >= 0.3 is 0 Å². The molecule has 0 amide bonds. The molecular formula is C11H12ClN3S. The molecule has 0 unspecified atom stereocenters. The molecule has 0 aliphatic heterocycles. The first kappa shape index (κ1) is 11.4. The molecular weight excluding hydrogens is 242 g/mol. The fourth-order valence-corrected chi connectivity index (χ4v) is 2.60. The monoisotopic (exact) mass is 253 g/mol. The molecule has 1 heterocycles. The molecule has 5 heteroatoms. The van der Waals surface area contributed by atoms with E-state index in [1.807, 2.05) is 37.5 Å². The van der Waals surface area contributed by atoms with Gasteiger partial charge in [0.2, 0.25) is 0 Å². The number of benzene rings is 1. The number of rotatable bonds is 3. The third-order valence-corrected chi connectivity index (χ3v) is 3.74. The van der Waals surface area contributed by atoms with Crippen LogP contribution in [0, 0.1) is 0 Å². The lowest BCUT2D eigenvalue weighted by Crippen LogP contribution is -1.91. The van der Waals surface area contributed by atoms with E-state index in [1.54, 1.807) is 16.4 Å². The molecule has 0 saturated carbocycles. The van der Waals surface area contributed by atoms with Gasteiger partial charge in [-0.3, -0.25) is 4.68 Å². The topological polar surface area (TPSA) is 43.8 Å². The predicted molar refractivity (Wildman–Crippen MR) is 68.6 cm³/mol.